The Kier molecular flexibility index (Phi) is 4.45. The molecule has 0 saturated heterocycles. The van der Waals surface area contributed by atoms with Gasteiger partial charge in [0.1, 0.15) is 11.6 Å². The largest absolute Gasteiger partial charge is 0.299 e. The highest BCUT2D eigenvalue weighted by atomic mass is 79.9. The van der Waals surface area contributed by atoms with Crippen LogP contribution >= 0.6 is 15.9 Å². The Labute approximate surface area is 97.8 Å². The van der Waals surface area contributed by atoms with Crippen LogP contribution in [0.4, 0.5) is 4.39 Å². The molecule has 0 aliphatic rings. The lowest BCUT2D eigenvalue weighted by Gasteiger charge is -2.06. The molecule has 0 radical (unpaired) electrons. The van der Waals surface area contributed by atoms with Gasteiger partial charge in [0.05, 0.1) is 0 Å². The van der Waals surface area contributed by atoms with Crippen molar-refractivity contribution in [1.82, 2.24) is 0 Å². The van der Waals surface area contributed by atoms with E-state index in [1.165, 1.54) is 12.1 Å². The Morgan fingerprint density at radius 3 is 2.67 bits per heavy atom. The predicted molar refractivity (Wildman–Crippen MR) is 62.3 cm³/mol. The minimum absolute atomic E-state index is 0.192. The Hall–Kier alpha value is -0.700. The molecule has 0 unspecified atom stereocenters. The fraction of sp³-hybridized carbons (Fsp3) is 0.417. The molecule has 82 valence electrons. The van der Waals surface area contributed by atoms with Gasteiger partial charge in [-0.25, -0.2) is 4.39 Å². The predicted octanol–water partition coefficient (Wildman–Crippen LogP) is 3.75. The standard InChI is InChI=1S/C12H14BrFO/c1-8(2)5-11(15)6-9-3-4-10(14)7-12(9)13/h3-4,7-8H,5-6H2,1-2H3. The lowest BCUT2D eigenvalue weighted by atomic mass is 10.0. The van der Waals surface area contributed by atoms with Gasteiger partial charge in [0.15, 0.2) is 0 Å². The van der Waals surface area contributed by atoms with E-state index in [-0.39, 0.29) is 11.6 Å². The van der Waals surface area contributed by atoms with Crippen LogP contribution in [-0.4, -0.2) is 5.78 Å². The Morgan fingerprint density at radius 1 is 1.47 bits per heavy atom. The number of rotatable bonds is 4. The molecule has 0 bridgehead atoms. The minimum Gasteiger partial charge on any atom is -0.299 e. The number of benzene rings is 1. The molecule has 0 amide bonds. The summed E-state index contributed by atoms with van der Waals surface area (Å²) in [4.78, 5) is 11.5. The topological polar surface area (TPSA) is 17.1 Å². The number of ketones is 1. The summed E-state index contributed by atoms with van der Waals surface area (Å²) in [5.41, 5.74) is 0.849. The highest BCUT2D eigenvalue weighted by molar-refractivity contribution is 9.10. The Balaban J connectivity index is 2.68. The molecule has 0 N–H and O–H groups in total. The zero-order valence-corrected chi connectivity index (χ0v) is 10.5. The summed E-state index contributed by atoms with van der Waals surface area (Å²) in [5.74, 6) is 0.274. The number of Topliss-reactive ketones (excluding diaryl/α,β-unsaturated/α-hetero) is 1. The second-order valence-corrected chi connectivity index (χ2v) is 4.90. The molecule has 3 heteroatoms. The Bertz CT molecular complexity index is 361. The first-order valence-corrected chi connectivity index (χ1v) is 5.74. The molecule has 0 atom stereocenters. The number of hydrogen-bond acceptors (Lipinski definition) is 1. The SMILES string of the molecule is CC(C)CC(=O)Cc1ccc(F)cc1Br. The van der Waals surface area contributed by atoms with E-state index < -0.39 is 0 Å². The van der Waals surface area contributed by atoms with Crippen LogP contribution in [0.3, 0.4) is 0 Å². The van der Waals surface area contributed by atoms with E-state index in [2.05, 4.69) is 15.9 Å². The zero-order valence-electron chi connectivity index (χ0n) is 8.89. The van der Waals surface area contributed by atoms with Crippen molar-refractivity contribution in [1.29, 1.82) is 0 Å². The van der Waals surface area contributed by atoms with Crippen molar-refractivity contribution >= 4 is 21.7 Å². The van der Waals surface area contributed by atoms with Crippen LogP contribution in [0.5, 0.6) is 0 Å². The number of carbonyl (C=O) groups is 1. The van der Waals surface area contributed by atoms with Gasteiger partial charge in [-0.3, -0.25) is 4.79 Å². The molecule has 0 aliphatic carbocycles. The average molecular weight is 273 g/mol. The smallest absolute Gasteiger partial charge is 0.137 e. The van der Waals surface area contributed by atoms with Gasteiger partial charge in [0, 0.05) is 17.3 Å². The van der Waals surface area contributed by atoms with E-state index >= 15 is 0 Å². The van der Waals surface area contributed by atoms with Crippen molar-refractivity contribution in [3.8, 4) is 0 Å². The monoisotopic (exact) mass is 272 g/mol. The van der Waals surface area contributed by atoms with Gasteiger partial charge in [-0.2, -0.15) is 0 Å². The summed E-state index contributed by atoms with van der Waals surface area (Å²) in [5, 5.41) is 0. The fourth-order valence-electron chi connectivity index (χ4n) is 1.40. The average Bonchev–Trinajstić information content (AvgIpc) is 2.08. The fourth-order valence-corrected chi connectivity index (χ4v) is 1.90. The quantitative estimate of drug-likeness (QED) is 0.816. The van der Waals surface area contributed by atoms with Gasteiger partial charge in [0.2, 0.25) is 0 Å². The molecule has 0 heterocycles. The van der Waals surface area contributed by atoms with Crippen molar-refractivity contribution in [3.05, 3.63) is 34.1 Å². The lowest BCUT2D eigenvalue weighted by Crippen LogP contribution is -2.06. The van der Waals surface area contributed by atoms with Crippen LogP contribution in [0.1, 0.15) is 25.8 Å². The third kappa shape index (κ3) is 4.12. The van der Waals surface area contributed by atoms with Crippen LogP contribution in [0, 0.1) is 11.7 Å². The Morgan fingerprint density at radius 2 is 2.13 bits per heavy atom. The number of hydrogen-bond donors (Lipinski definition) is 0. The van der Waals surface area contributed by atoms with Gasteiger partial charge >= 0.3 is 0 Å². The maximum Gasteiger partial charge on any atom is 0.137 e. The summed E-state index contributed by atoms with van der Waals surface area (Å²) in [6.07, 6.45) is 0.947. The van der Waals surface area contributed by atoms with Crippen molar-refractivity contribution < 1.29 is 9.18 Å². The molecular formula is C12H14BrFO. The van der Waals surface area contributed by atoms with E-state index in [1.54, 1.807) is 6.07 Å². The molecule has 0 aromatic heterocycles. The van der Waals surface area contributed by atoms with Gasteiger partial charge in [-0.1, -0.05) is 35.8 Å². The highest BCUT2D eigenvalue weighted by Gasteiger charge is 2.09. The molecule has 0 saturated carbocycles. The molecule has 1 nitrogen and oxygen atoms in total. The summed E-state index contributed by atoms with van der Waals surface area (Å²) >= 11 is 3.25. The van der Waals surface area contributed by atoms with Crippen LogP contribution in [0.15, 0.2) is 22.7 Å². The molecule has 0 aliphatic heterocycles. The van der Waals surface area contributed by atoms with Crippen molar-refractivity contribution in [2.45, 2.75) is 26.7 Å². The summed E-state index contributed by atoms with van der Waals surface area (Å²) < 4.78 is 13.4. The normalized spacial score (nSPS) is 10.7. The molecule has 0 fully saturated rings. The minimum atomic E-state index is -0.290. The maximum atomic E-state index is 12.8. The molecule has 15 heavy (non-hydrogen) atoms. The van der Waals surface area contributed by atoms with Crippen LogP contribution in [0.25, 0.3) is 0 Å². The van der Waals surface area contributed by atoms with Gasteiger partial charge in [-0.15, -0.1) is 0 Å². The molecule has 0 spiro atoms. The van der Waals surface area contributed by atoms with Gasteiger partial charge in [0.25, 0.3) is 0 Å². The van der Waals surface area contributed by atoms with Crippen molar-refractivity contribution in [2.75, 3.05) is 0 Å². The highest BCUT2D eigenvalue weighted by Crippen LogP contribution is 2.19. The summed E-state index contributed by atoms with van der Waals surface area (Å²) in [6, 6.07) is 4.42. The van der Waals surface area contributed by atoms with E-state index in [4.69, 9.17) is 0 Å². The van der Waals surface area contributed by atoms with Crippen LogP contribution < -0.4 is 0 Å². The lowest BCUT2D eigenvalue weighted by molar-refractivity contribution is -0.119. The van der Waals surface area contributed by atoms with Gasteiger partial charge in [-0.05, 0) is 23.6 Å². The van der Waals surface area contributed by atoms with Gasteiger partial charge < -0.3 is 0 Å². The molecular weight excluding hydrogens is 259 g/mol. The first kappa shape index (κ1) is 12.4. The maximum absolute atomic E-state index is 12.8. The summed E-state index contributed by atoms with van der Waals surface area (Å²) in [7, 11) is 0. The number of carbonyl (C=O) groups excluding carboxylic acids is 1. The van der Waals surface area contributed by atoms with E-state index in [9.17, 15) is 9.18 Å². The summed E-state index contributed by atoms with van der Waals surface area (Å²) in [6.45, 7) is 4.02. The number of halogens is 2. The van der Waals surface area contributed by atoms with Crippen molar-refractivity contribution in [2.24, 2.45) is 5.92 Å². The van der Waals surface area contributed by atoms with E-state index in [0.717, 1.165) is 5.56 Å². The third-order valence-corrected chi connectivity index (χ3v) is 2.78. The first-order chi connectivity index (χ1) is 6.99. The zero-order chi connectivity index (χ0) is 11.4. The first-order valence-electron chi connectivity index (χ1n) is 4.94. The molecule has 1 aromatic carbocycles. The molecule has 1 rings (SSSR count). The second kappa shape index (κ2) is 5.40. The second-order valence-electron chi connectivity index (χ2n) is 4.05. The molecule has 1 aromatic rings. The van der Waals surface area contributed by atoms with Crippen LogP contribution in [0.2, 0.25) is 0 Å². The third-order valence-electron chi connectivity index (χ3n) is 2.04. The van der Waals surface area contributed by atoms with Crippen molar-refractivity contribution in [3.63, 3.8) is 0 Å². The van der Waals surface area contributed by atoms with E-state index in [0.29, 0.717) is 23.2 Å². The van der Waals surface area contributed by atoms with Crippen LogP contribution in [-0.2, 0) is 11.2 Å². The van der Waals surface area contributed by atoms with E-state index in [1.807, 2.05) is 13.8 Å².